The van der Waals surface area contributed by atoms with Gasteiger partial charge in [0.1, 0.15) is 0 Å². The lowest BCUT2D eigenvalue weighted by molar-refractivity contribution is -0.145. The molecule has 2 rings (SSSR count). The number of hydrogen-bond donors (Lipinski definition) is 1. The third-order valence-corrected chi connectivity index (χ3v) is 3.06. The van der Waals surface area contributed by atoms with Crippen LogP contribution in [0.3, 0.4) is 0 Å². The van der Waals surface area contributed by atoms with Crippen LogP contribution in [0.1, 0.15) is 5.56 Å². The zero-order valence-corrected chi connectivity index (χ0v) is 10.3. The van der Waals surface area contributed by atoms with Crippen molar-refractivity contribution in [3.05, 3.63) is 29.8 Å². The summed E-state index contributed by atoms with van der Waals surface area (Å²) in [5.41, 5.74) is 1.67. The zero-order chi connectivity index (χ0) is 13.1. The van der Waals surface area contributed by atoms with Gasteiger partial charge in [-0.1, -0.05) is 12.1 Å². The van der Waals surface area contributed by atoms with E-state index in [0.717, 1.165) is 5.56 Å². The minimum absolute atomic E-state index is 0.0685. The first-order chi connectivity index (χ1) is 8.63. The molecule has 0 bridgehead atoms. The van der Waals surface area contributed by atoms with Gasteiger partial charge in [-0.25, -0.2) is 0 Å². The maximum absolute atomic E-state index is 11.9. The Bertz CT molecular complexity index is 473. The summed E-state index contributed by atoms with van der Waals surface area (Å²) in [7, 11) is 1.62. The highest BCUT2D eigenvalue weighted by Crippen LogP contribution is 2.19. The average Bonchev–Trinajstić information content (AvgIpc) is 2.37. The highest BCUT2D eigenvalue weighted by Gasteiger charge is 2.31. The molecule has 1 aliphatic rings. The van der Waals surface area contributed by atoms with E-state index in [1.54, 1.807) is 13.1 Å². The molecule has 18 heavy (non-hydrogen) atoms. The van der Waals surface area contributed by atoms with Crippen LogP contribution in [0.4, 0.5) is 5.69 Å². The largest absolute Gasteiger partial charge is 0.396 e. The van der Waals surface area contributed by atoms with Crippen LogP contribution >= 0.6 is 0 Å². The van der Waals surface area contributed by atoms with Gasteiger partial charge in [0.05, 0.1) is 0 Å². The van der Waals surface area contributed by atoms with Crippen LogP contribution < -0.4 is 4.90 Å². The fraction of sp³-hybridized carbons (Fsp3) is 0.385. The lowest BCUT2D eigenvalue weighted by atomic mass is 10.1. The van der Waals surface area contributed by atoms with Crippen LogP contribution in [-0.2, 0) is 16.0 Å². The molecule has 2 amide bonds. The van der Waals surface area contributed by atoms with E-state index in [-0.39, 0.29) is 6.61 Å². The first kappa shape index (κ1) is 12.6. The van der Waals surface area contributed by atoms with Gasteiger partial charge in [0.15, 0.2) is 0 Å². The maximum Gasteiger partial charge on any atom is 0.316 e. The summed E-state index contributed by atoms with van der Waals surface area (Å²) in [5, 5.41) is 8.91. The van der Waals surface area contributed by atoms with E-state index >= 15 is 0 Å². The van der Waals surface area contributed by atoms with E-state index < -0.39 is 11.8 Å². The second-order valence-corrected chi connectivity index (χ2v) is 4.33. The van der Waals surface area contributed by atoms with E-state index in [2.05, 4.69) is 0 Å². The van der Waals surface area contributed by atoms with Gasteiger partial charge < -0.3 is 14.9 Å². The monoisotopic (exact) mass is 248 g/mol. The summed E-state index contributed by atoms with van der Waals surface area (Å²) in [4.78, 5) is 26.4. The molecule has 0 radical (unpaired) electrons. The number of benzene rings is 1. The molecule has 1 N–H and O–H groups in total. The first-order valence-corrected chi connectivity index (χ1v) is 5.90. The molecule has 0 spiro atoms. The third kappa shape index (κ3) is 2.36. The summed E-state index contributed by atoms with van der Waals surface area (Å²) in [5.74, 6) is -0.973. The molecule has 5 heteroatoms. The molecule has 1 fully saturated rings. The summed E-state index contributed by atoms with van der Waals surface area (Å²) in [6, 6.07) is 7.36. The summed E-state index contributed by atoms with van der Waals surface area (Å²) in [6.07, 6.45) is 0.545. The number of anilines is 1. The van der Waals surface area contributed by atoms with Gasteiger partial charge in [-0.2, -0.15) is 0 Å². The molecule has 0 saturated carbocycles. The van der Waals surface area contributed by atoms with Crippen LogP contribution in [-0.4, -0.2) is 48.6 Å². The lowest BCUT2D eigenvalue weighted by Crippen LogP contribution is -2.53. The first-order valence-electron chi connectivity index (χ1n) is 5.90. The number of carbonyl (C=O) groups is 2. The molecule has 96 valence electrons. The van der Waals surface area contributed by atoms with E-state index in [1.807, 2.05) is 18.2 Å². The molecule has 1 saturated heterocycles. The van der Waals surface area contributed by atoms with Gasteiger partial charge in [-0.05, 0) is 24.1 Å². The molecular weight excluding hydrogens is 232 g/mol. The number of aliphatic hydroxyl groups is 1. The number of hydrogen-bond acceptors (Lipinski definition) is 3. The number of nitrogens with zero attached hydrogens (tertiary/aromatic N) is 2. The molecule has 0 aliphatic carbocycles. The van der Waals surface area contributed by atoms with Crippen molar-refractivity contribution in [1.82, 2.24) is 4.90 Å². The summed E-state index contributed by atoms with van der Waals surface area (Å²) in [6.45, 7) is 1.11. The van der Waals surface area contributed by atoms with Crippen molar-refractivity contribution in [2.45, 2.75) is 6.42 Å². The molecule has 1 aromatic rings. The fourth-order valence-corrected chi connectivity index (χ4v) is 1.99. The Morgan fingerprint density at radius 2 is 2.00 bits per heavy atom. The fourth-order valence-electron chi connectivity index (χ4n) is 1.99. The van der Waals surface area contributed by atoms with Crippen LogP contribution in [0.5, 0.6) is 0 Å². The van der Waals surface area contributed by atoms with Crippen molar-refractivity contribution in [1.29, 1.82) is 0 Å². The lowest BCUT2D eigenvalue weighted by Gasteiger charge is -2.31. The zero-order valence-electron chi connectivity index (χ0n) is 10.3. The van der Waals surface area contributed by atoms with Crippen molar-refractivity contribution in [3.8, 4) is 0 Å². The smallest absolute Gasteiger partial charge is 0.316 e. The second kappa shape index (κ2) is 5.18. The van der Waals surface area contributed by atoms with Crippen LogP contribution in [0.15, 0.2) is 24.3 Å². The Labute approximate surface area is 106 Å². The Kier molecular flexibility index (Phi) is 3.62. The average molecular weight is 248 g/mol. The highest BCUT2D eigenvalue weighted by atomic mass is 16.3. The Morgan fingerprint density at radius 1 is 1.22 bits per heavy atom. The van der Waals surface area contributed by atoms with Gasteiger partial charge in [0, 0.05) is 32.4 Å². The Morgan fingerprint density at radius 3 is 2.72 bits per heavy atom. The van der Waals surface area contributed by atoms with Crippen molar-refractivity contribution >= 4 is 17.5 Å². The van der Waals surface area contributed by atoms with Crippen molar-refractivity contribution in [2.24, 2.45) is 0 Å². The van der Waals surface area contributed by atoms with Gasteiger partial charge in [0.25, 0.3) is 0 Å². The molecule has 5 nitrogen and oxygen atoms in total. The maximum atomic E-state index is 11.9. The van der Waals surface area contributed by atoms with Crippen LogP contribution in [0.2, 0.25) is 0 Å². The van der Waals surface area contributed by atoms with Crippen molar-refractivity contribution in [2.75, 3.05) is 31.6 Å². The topological polar surface area (TPSA) is 60.9 Å². The quantitative estimate of drug-likeness (QED) is 0.767. The molecule has 0 unspecified atom stereocenters. The normalized spacial score (nSPS) is 16.3. The number of aliphatic hydroxyl groups excluding tert-OH is 1. The molecule has 1 aliphatic heterocycles. The Balaban J connectivity index is 2.23. The highest BCUT2D eigenvalue weighted by molar-refractivity contribution is 6.40. The molecule has 0 aromatic heterocycles. The van der Waals surface area contributed by atoms with Gasteiger partial charge in [-0.3, -0.25) is 9.59 Å². The van der Waals surface area contributed by atoms with Gasteiger partial charge in [0.2, 0.25) is 0 Å². The minimum atomic E-state index is -0.495. The number of piperazine rings is 1. The van der Waals surface area contributed by atoms with Crippen LogP contribution in [0.25, 0.3) is 0 Å². The molecule has 0 atom stereocenters. The standard InChI is InChI=1S/C13H16N2O3/c1-14-6-7-15(13(18)12(14)17)11-4-2-3-10(9-11)5-8-16/h2-4,9,16H,5-8H2,1H3. The van der Waals surface area contributed by atoms with E-state index in [9.17, 15) is 9.59 Å². The van der Waals surface area contributed by atoms with Gasteiger partial charge >= 0.3 is 11.8 Å². The predicted octanol–water partition coefficient (Wildman–Crippen LogP) is 0.0264. The number of carbonyl (C=O) groups excluding carboxylic acids is 2. The summed E-state index contributed by atoms with van der Waals surface area (Å²) < 4.78 is 0. The van der Waals surface area contributed by atoms with E-state index in [0.29, 0.717) is 25.2 Å². The SMILES string of the molecule is CN1CCN(c2cccc(CCO)c2)C(=O)C1=O. The van der Waals surface area contributed by atoms with Crippen LogP contribution in [0, 0.1) is 0 Å². The number of rotatable bonds is 3. The minimum Gasteiger partial charge on any atom is -0.396 e. The van der Waals surface area contributed by atoms with Crippen molar-refractivity contribution in [3.63, 3.8) is 0 Å². The molecular formula is C13H16N2O3. The molecule has 1 heterocycles. The predicted molar refractivity (Wildman–Crippen MR) is 67.2 cm³/mol. The third-order valence-electron chi connectivity index (χ3n) is 3.06. The number of likely N-dealkylation sites (N-methyl/N-ethyl adjacent to an activating group) is 1. The Hall–Kier alpha value is -1.88. The molecule has 1 aromatic carbocycles. The van der Waals surface area contributed by atoms with E-state index in [4.69, 9.17) is 5.11 Å². The van der Waals surface area contributed by atoms with Gasteiger partial charge in [-0.15, -0.1) is 0 Å². The number of amides is 2. The van der Waals surface area contributed by atoms with Crippen molar-refractivity contribution < 1.29 is 14.7 Å². The van der Waals surface area contributed by atoms with E-state index in [1.165, 1.54) is 9.80 Å². The second-order valence-electron chi connectivity index (χ2n) is 4.33. The summed E-state index contributed by atoms with van der Waals surface area (Å²) >= 11 is 0.